The zero-order valence-corrected chi connectivity index (χ0v) is 8.79. The third-order valence-corrected chi connectivity index (χ3v) is 1.76. The van der Waals surface area contributed by atoms with Crippen LogP contribution in [-0.2, 0) is 16.1 Å². The first-order valence-corrected chi connectivity index (χ1v) is 4.67. The molecule has 0 aromatic carbocycles. The van der Waals surface area contributed by atoms with Gasteiger partial charge < -0.3 is 16.2 Å². The second-order valence-electron chi connectivity index (χ2n) is 3.17. The van der Waals surface area contributed by atoms with Gasteiger partial charge in [0.1, 0.15) is 6.54 Å². The van der Waals surface area contributed by atoms with Crippen molar-refractivity contribution in [2.24, 2.45) is 5.73 Å². The number of carbonyl (C=O) groups excluding carboxylic acids is 2. The molecule has 0 aliphatic carbocycles. The van der Waals surface area contributed by atoms with E-state index in [1.54, 1.807) is 0 Å². The molecule has 0 unspecified atom stereocenters. The van der Waals surface area contributed by atoms with Crippen LogP contribution in [0.1, 0.15) is 16.9 Å². The van der Waals surface area contributed by atoms with Gasteiger partial charge in [-0.2, -0.15) is 0 Å². The number of rotatable bonds is 6. The summed E-state index contributed by atoms with van der Waals surface area (Å²) in [6.07, 6.45) is 1.18. The molecule has 0 bridgehead atoms. The van der Waals surface area contributed by atoms with E-state index in [2.05, 4.69) is 15.6 Å². The van der Waals surface area contributed by atoms with E-state index in [9.17, 15) is 14.4 Å². The van der Waals surface area contributed by atoms with Crippen molar-refractivity contribution in [3.63, 3.8) is 0 Å². The molecule has 0 saturated heterocycles. The van der Waals surface area contributed by atoms with Crippen molar-refractivity contribution >= 4 is 17.8 Å². The molecular formula is C8H11N5O4. The number of carboxylic acid groups (broad SMARTS) is 1. The second kappa shape index (κ2) is 5.58. The molecule has 9 nitrogen and oxygen atoms in total. The van der Waals surface area contributed by atoms with E-state index in [1.165, 1.54) is 0 Å². The summed E-state index contributed by atoms with van der Waals surface area (Å²) in [5, 5.41) is 17.8. The summed E-state index contributed by atoms with van der Waals surface area (Å²) in [7, 11) is 0. The average Bonchev–Trinajstić information content (AvgIpc) is 2.65. The Morgan fingerprint density at radius 3 is 2.71 bits per heavy atom. The molecule has 0 radical (unpaired) electrons. The summed E-state index contributed by atoms with van der Waals surface area (Å²) in [5.41, 5.74) is 4.64. The van der Waals surface area contributed by atoms with Gasteiger partial charge in [0.25, 0.3) is 0 Å². The Bertz CT molecular complexity index is 441. The Hall–Kier alpha value is -2.45. The predicted octanol–water partition coefficient (Wildman–Crippen LogP) is -2.03. The highest BCUT2D eigenvalue weighted by Crippen LogP contribution is 1.92. The van der Waals surface area contributed by atoms with Crippen LogP contribution in [0.15, 0.2) is 6.20 Å². The van der Waals surface area contributed by atoms with E-state index in [1.807, 2.05) is 0 Å². The van der Waals surface area contributed by atoms with Gasteiger partial charge in [0.05, 0.1) is 6.20 Å². The number of carboxylic acids is 1. The minimum absolute atomic E-state index is 0.0451. The topological polar surface area (TPSA) is 140 Å². The second-order valence-corrected chi connectivity index (χ2v) is 3.17. The van der Waals surface area contributed by atoms with Crippen LogP contribution in [0.3, 0.4) is 0 Å². The first kappa shape index (κ1) is 12.6. The zero-order chi connectivity index (χ0) is 12.8. The fourth-order valence-corrected chi connectivity index (χ4v) is 1.00. The monoisotopic (exact) mass is 241 g/mol. The van der Waals surface area contributed by atoms with Gasteiger partial charge in [-0.1, -0.05) is 5.21 Å². The summed E-state index contributed by atoms with van der Waals surface area (Å²) >= 11 is 0. The average molecular weight is 241 g/mol. The lowest BCUT2D eigenvalue weighted by Crippen LogP contribution is -2.30. The fourth-order valence-electron chi connectivity index (χ4n) is 1.00. The van der Waals surface area contributed by atoms with E-state index < -0.39 is 17.8 Å². The van der Waals surface area contributed by atoms with Gasteiger partial charge in [-0.05, 0) is 0 Å². The molecular weight excluding hydrogens is 230 g/mol. The van der Waals surface area contributed by atoms with Crippen molar-refractivity contribution in [3.8, 4) is 0 Å². The Morgan fingerprint density at radius 1 is 1.47 bits per heavy atom. The highest BCUT2D eigenvalue weighted by Gasteiger charge is 2.10. The smallest absolute Gasteiger partial charge is 0.358 e. The normalized spacial score (nSPS) is 9.88. The minimum Gasteiger partial charge on any atom is -0.476 e. The van der Waals surface area contributed by atoms with Crippen LogP contribution in [0.4, 0.5) is 0 Å². The Morgan fingerprint density at radius 2 is 2.18 bits per heavy atom. The maximum absolute atomic E-state index is 11.3. The predicted molar refractivity (Wildman–Crippen MR) is 53.8 cm³/mol. The van der Waals surface area contributed by atoms with Gasteiger partial charge in [-0.25, -0.2) is 9.48 Å². The summed E-state index contributed by atoms with van der Waals surface area (Å²) in [4.78, 5) is 32.1. The lowest BCUT2D eigenvalue weighted by atomic mass is 10.4. The third kappa shape index (κ3) is 4.28. The largest absolute Gasteiger partial charge is 0.476 e. The molecule has 1 aromatic rings. The number of hydrogen-bond acceptors (Lipinski definition) is 5. The summed E-state index contributed by atoms with van der Waals surface area (Å²) in [6, 6.07) is 0. The molecule has 0 fully saturated rings. The minimum atomic E-state index is -1.22. The summed E-state index contributed by atoms with van der Waals surface area (Å²) in [6.45, 7) is -0.0340. The van der Waals surface area contributed by atoms with Crippen LogP contribution in [0.25, 0.3) is 0 Å². The molecule has 0 saturated carbocycles. The van der Waals surface area contributed by atoms with Gasteiger partial charge in [0, 0.05) is 13.0 Å². The van der Waals surface area contributed by atoms with Crippen LogP contribution in [0, 0.1) is 0 Å². The third-order valence-electron chi connectivity index (χ3n) is 1.76. The summed E-state index contributed by atoms with van der Waals surface area (Å²) in [5.74, 6) is -2.14. The van der Waals surface area contributed by atoms with Crippen LogP contribution in [-0.4, -0.2) is 44.4 Å². The van der Waals surface area contributed by atoms with E-state index in [4.69, 9.17) is 10.8 Å². The van der Waals surface area contributed by atoms with Crippen LogP contribution in [0.2, 0.25) is 0 Å². The number of nitrogens with two attached hydrogens (primary N) is 1. The van der Waals surface area contributed by atoms with Crippen molar-refractivity contribution in [2.75, 3.05) is 6.54 Å². The molecule has 1 rings (SSSR count). The van der Waals surface area contributed by atoms with E-state index in [0.29, 0.717) is 0 Å². The molecule has 92 valence electrons. The quantitative estimate of drug-likeness (QED) is 0.524. The Balaban J connectivity index is 2.39. The molecule has 1 heterocycles. The number of hydrogen-bond donors (Lipinski definition) is 3. The maximum Gasteiger partial charge on any atom is 0.358 e. The van der Waals surface area contributed by atoms with Gasteiger partial charge in [0.15, 0.2) is 5.69 Å². The van der Waals surface area contributed by atoms with Crippen LogP contribution >= 0.6 is 0 Å². The van der Waals surface area contributed by atoms with Gasteiger partial charge in [-0.15, -0.1) is 5.10 Å². The van der Waals surface area contributed by atoms with Crippen molar-refractivity contribution in [2.45, 2.75) is 13.0 Å². The highest BCUT2D eigenvalue weighted by atomic mass is 16.4. The number of primary amides is 1. The van der Waals surface area contributed by atoms with Crippen molar-refractivity contribution in [1.82, 2.24) is 20.3 Å². The molecule has 0 aliphatic rings. The lowest BCUT2D eigenvalue weighted by Gasteiger charge is -2.02. The maximum atomic E-state index is 11.3. The Labute approximate surface area is 95.6 Å². The molecule has 0 spiro atoms. The number of aromatic carboxylic acids is 1. The molecule has 9 heteroatoms. The fraction of sp³-hybridized carbons (Fsp3) is 0.375. The van der Waals surface area contributed by atoms with E-state index >= 15 is 0 Å². The molecule has 0 aliphatic heterocycles. The van der Waals surface area contributed by atoms with E-state index in [0.717, 1.165) is 10.9 Å². The zero-order valence-electron chi connectivity index (χ0n) is 8.79. The number of carbonyl (C=O) groups is 3. The number of nitrogens with zero attached hydrogens (tertiary/aromatic N) is 3. The highest BCUT2D eigenvalue weighted by molar-refractivity contribution is 5.84. The first-order chi connectivity index (χ1) is 7.99. The molecule has 17 heavy (non-hydrogen) atoms. The molecule has 0 atom stereocenters. The van der Waals surface area contributed by atoms with Crippen molar-refractivity contribution in [1.29, 1.82) is 0 Å². The first-order valence-electron chi connectivity index (χ1n) is 4.67. The SMILES string of the molecule is NC(=O)CCNC(=O)Cn1cc(C(=O)O)nn1. The van der Waals surface area contributed by atoms with Crippen LogP contribution < -0.4 is 11.1 Å². The van der Waals surface area contributed by atoms with Gasteiger partial charge >= 0.3 is 5.97 Å². The number of nitrogens with one attached hydrogen (secondary N) is 1. The van der Waals surface area contributed by atoms with Gasteiger partial charge in [-0.3, -0.25) is 9.59 Å². The molecule has 1 aromatic heterocycles. The molecule has 2 amide bonds. The lowest BCUT2D eigenvalue weighted by molar-refractivity contribution is -0.122. The van der Waals surface area contributed by atoms with Gasteiger partial charge in [0.2, 0.25) is 11.8 Å². The number of amides is 2. The number of aromatic nitrogens is 3. The van der Waals surface area contributed by atoms with Crippen molar-refractivity contribution < 1.29 is 19.5 Å². The van der Waals surface area contributed by atoms with E-state index in [-0.39, 0.29) is 25.2 Å². The van der Waals surface area contributed by atoms with Crippen LogP contribution in [0.5, 0.6) is 0 Å². The molecule has 4 N–H and O–H groups in total. The summed E-state index contributed by atoms with van der Waals surface area (Å²) < 4.78 is 1.09. The van der Waals surface area contributed by atoms with Crippen molar-refractivity contribution in [3.05, 3.63) is 11.9 Å². The standard InChI is InChI=1S/C8H11N5O4/c9-6(14)1-2-10-7(15)4-13-3-5(8(16)17)11-12-13/h3H,1-2,4H2,(H2,9,14)(H,10,15)(H,16,17). The Kier molecular flexibility index (Phi) is 4.14.